The van der Waals surface area contributed by atoms with Gasteiger partial charge in [0.25, 0.3) is 5.91 Å². The van der Waals surface area contributed by atoms with Crippen LogP contribution in [0.4, 0.5) is 0 Å². The second-order valence-electron chi connectivity index (χ2n) is 8.80. The minimum absolute atomic E-state index is 0.0165. The monoisotopic (exact) mass is 418 g/mol. The zero-order chi connectivity index (χ0) is 21.2. The highest BCUT2D eigenvalue weighted by molar-refractivity contribution is 6.12. The van der Waals surface area contributed by atoms with Gasteiger partial charge in [0, 0.05) is 36.1 Å². The van der Waals surface area contributed by atoms with Crippen LogP contribution in [0.25, 0.3) is 22.3 Å². The van der Waals surface area contributed by atoms with Crippen molar-refractivity contribution >= 4 is 16.9 Å². The minimum Gasteiger partial charge on any atom is -0.508 e. The Morgan fingerprint density at radius 1 is 0.871 bits per heavy atom. The standard InChI is InChI=1S/C26H30N2O3/c29-21-12-13-22-23(20(21)18-27-14-6-2-7-15-27)24(26(30)28-16-8-3-9-17-28)25(31-22)19-10-4-1-5-11-19/h1,4-5,10-13,29H,2-3,6-9,14-18H2. The molecule has 31 heavy (non-hydrogen) atoms. The number of carbonyl (C=O) groups excluding carboxylic acids is 1. The van der Waals surface area contributed by atoms with Crippen LogP contribution in [0.1, 0.15) is 54.4 Å². The summed E-state index contributed by atoms with van der Waals surface area (Å²) in [5.74, 6) is 0.866. The number of carbonyl (C=O) groups is 1. The van der Waals surface area contributed by atoms with Crippen molar-refractivity contribution in [2.24, 2.45) is 0 Å². The van der Waals surface area contributed by atoms with Crippen LogP contribution in [-0.4, -0.2) is 47.0 Å². The molecule has 5 nitrogen and oxygen atoms in total. The second kappa shape index (κ2) is 8.75. The molecule has 0 unspecified atom stereocenters. The van der Waals surface area contributed by atoms with Crippen molar-refractivity contribution in [2.45, 2.75) is 45.1 Å². The highest BCUT2D eigenvalue weighted by Gasteiger charge is 2.30. The molecule has 2 aliphatic heterocycles. The molecule has 1 amide bonds. The number of hydrogen-bond donors (Lipinski definition) is 1. The number of furan rings is 1. The average Bonchev–Trinajstić information content (AvgIpc) is 3.22. The molecule has 162 valence electrons. The molecule has 5 rings (SSSR count). The lowest BCUT2D eigenvalue weighted by molar-refractivity contribution is 0.0726. The van der Waals surface area contributed by atoms with Gasteiger partial charge in [0.05, 0.1) is 5.56 Å². The maximum atomic E-state index is 13.8. The van der Waals surface area contributed by atoms with Crippen molar-refractivity contribution in [3.63, 3.8) is 0 Å². The molecule has 0 bridgehead atoms. The first-order chi connectivity index (χ1) is 15.2. The first kappa shape index (κ1) is 20.1. The van der Waals surface area contributed by atoms with Crippen molar-refractivity contribution < 1.29 is 14.3 Å². The zero-order valence-electron chi connectivity index (χ0n) is 18.0. The van der Waals surface area contributed by atoms with E-state index in [2.05, 4.69) is 4.90 Å². The van der Waals surface area contributed by atoms with E-state index in [1.165, 1.54) is 25.7 Å². The summed E-state index contributed by atoms with van der Waals surface area (Å²) < 4.78 is 6.30. The van der Waals surface area contributed by atoms with Crippen LogP contribution in [0.5, 0.6) is 5.75 Å². The van der Waals surface area contributed by atoms with Crippen LogP contribution in [0.3, 0.4) is 0 Å². The van der Waals surface area contributed by atoms with Crippen LogP contribution >= 0.6 is 0 Å². The maximum absolute atomic E-state index is 13.8. The number of fused-ring (bicyclic) bond motifs is 1. The number of aromatic hydroxyl groups is 1. The number of likely N-dealkylation sites (tertiary alicyclic amines) is 2. The number of nitrogens with zero attached hydrogens (tertiary/aromatic N) is 2. The lowest BCUT2D eigenvalue weighted by Crippen LogP contribution is -2.36. The van der Waals surface area contributed by atoms with Gasteiger partial charge in [-0.1, -0.05) is 36.8 Å². The van der Waals surface area contributed by atoms with E-state index in [0.29, 0.717) is 23.5 Å². The van der Waals surface area contributed by atoms with Gasteiger partial charge < -0.3 is 14.4 Å². The van der Waals surface area contributed by atoms with E-state index in [1.54, 1.807) is 12.1 Å². The lowest BCUT2D eigenvalue weighted by atomic mass is 9.98. The van der Waals surface area contributed by atoms with Gasteiger partial charge in [0.15, 0.2) is 0 Å². The summed E-state index contributed by atoms with van der Waals surface area (Å²) in [4.78, 5) is 18.1. The van der Waals surface area contributed by atoms with E-state index in [1.807, 2.05) is 35.2 Å². The van der Waals surface area contributed by atoms with Crippen LogP contribution in [0.15, 0.2) is 46.9 Å². The molecule has 5 heteroatoms. The number of rotatable bonds is 4. The number of phenols is 1. The molecule has 3 aromatic rings. The molecule has 0 radical (unpaired) electrons. The Balaban J connectivity index is 1.67. The van der Waals surface area contributed by atoms with Gasteiger partial charge in [-0.15, -0.1) is 0 Å². The van der Waals surface area contributed by atoms with Crippen LogP contribution < -0.4 is 0 Å². The smallest absolute Gasteiger partial charge is 0.258 e. The van der Waals surface area contributed by atoms with E-state index in [4.69, 9.17) is 4.42 Å². The molecule has 2 aliphatic rings. The maximum Gasteiger partial charge on any atom is 0.258 e. The number of piperidine rings is 2. The molecule has 1 aromatic heterocycles. The molecule has 1 N–H and O–H groups in total. The molecule has 0 aliphatic carbocycles. The first-order valence-electron chi connectivity index (χ1n) is 11.6. The number of amides is 1. The topological polar surface area (TPSA) is 56.9 Å². The van der Waals surface area contributed by atoms with E-state index >= 15 is 0 Å². The zero-order valence-corrected chi connectivity index (χ0v) is 18.0. The predicted octanol–water partition coefficient (Wildman–Crippen LogP) is 5.42. The number of benzene rings is 2. The highest BCUT2D eigenvalue weighted by Crippen LogP contribution is 2.40. The Labute approximate surface area is 183 Å². The molecule has 0 atom stereocenters. The third-order valence-corrected chi connectivity index (χ3v) is 6.66. The Bertz CT molecular complexity index is 1060. The van der Waals surface area contributed by atoms with E-state index in [9.17, 15) is 9.90 Å². The molecular formula is C26H30N2O3. The van der Waals surface area contributed by atoms with Crippen molar-refractivity contribution in [3.8, 4) is 17.1 Å². The quantitative estimate of drug-likeness (QED) is 0.615. The highest BCUT2D eigenvalue weighted by atomic mass is 16.3. The number of hydrogen-bond acceptors (Lipinski definition) is 4. The normalized spacial score (nSPS) is 17.9. The molecular weight excluding hydrogens is 388 g/mol. The Hall–Kier alpha value is -2.79. The molecule has 0 spiro atoms. The van der Waals surface area contributed by atoms with Gasteiger partial charge in [0.1, 0.15) is 17.1 Å². The van der Waals surface area contributed by atoms with Crippen molar-refractivity contribution in [1.29, 1.82) is 0 Å². The number of phenolic OH excluding ortho intramolecular Hbond substituents is 1. The van der Waals surface area contributed by atoms with Gasteiger partial charge in [-0.05, 0) is 57.3 Å². The molecule has 3 heterocycles. The molecule has 0 saturated carbocycles. The summed E-state index contributed by atoms with van der Waals surface area (Å²) >= 11 is 0. The van der Waals surface area contributed by atoms with Crippen molar-refractivity contribution in [1.82, 2.24) is 9.80 Å². The first-order valence-corrected chi connectivity index (χ1v) is 11.6. The minimum atomic E-state index is 0.0165. The summed E-state index contributed by atoms with van der Waals surface area (Å²) in [5, 5.41) is 11.6. The molecule has 2 saturated heterocycles. The van der Waals surface area contributed by atoms with Gasteiger partial charge in [-0.25, -0.2) is 0 Å². The largest absolute Gasteiger partial charge is 0.508 e. The predicted molar refractivity (Wildman–Crippen MR) is 122 cm³/mol. The summed E-state index contributed by atoms with van der Waals surface area (Å²) in [6.45, 7) is 4.24. The van der Waals surface area contributed by atoms with Gasteiger partial charge >= 0.3 is 0 Å². The van der Waals surface area contributed by atoms with Crippen molar-refractivity contribution in [2.75, 3.05) is 26.2 Å². The van der Waals surface area contributed by atoms with Gasteiger partial charge in [0.2, 0.25) is 0 Å². The Morgan fingerprint density at radius 3 is 2.26 bits per heavy atom. The van der Waals surface area contributed by atoms with Crippen molar-refractivity contribution in [3.05, 3.63) is 53.6 Å². The fourth-order valence-electron chi connectivity index (χ4n) is 5.00. The van der Waals surface area contributed by atoms with E-state index in [-0.39, 0.29) is 11.7 Å². The summed E-state index contributed by atoms with van der Waals surface area (Å²) in [6.07, 6.45) is 6.85. The summed E-state index contributed by atoms with van der Waals surface area (Å²) in [5.41, 5.74) is 2.98. The Kier molecular flexibility index (Phi) is 5.68. The fourth-order valence-corrected chi connectivity index (χ4v) is 5.00. The lowest BCUT2D eigenvalue weighted by Gasteiger charge is -2.28. The average molecular weight is 419 g/mol. The van der Waals surface area contributed by atoms with Crippen LogP contribution in [0, 0.1) is 0 Å². The summed E-state index contributed by atoms with van der Waals surface area (Å²) in [7, 11) is 0. The third kappa shape index (κ3) is 3.94. The third-order valence-electron chi connectivity index (χ3n) is 6.66. The molecule has 2 fully saturated rings. The second-order valence-corrected chi connectivity index (χ2v) is 8.80. The SMILES string of the molecule is O=C(c1c(-c2ccccc2)oc2ccc(O)c(CN3CCCCC3)c12)N1CCCCC1. The van der Waals surface area contributed by atoms with Gasteiger partial charge in [-0.3, -0.25) is 9.69 Å². The summed E-state index contributed by atoms with van der Waals surface area (Å²) in [6, 6.07) is 13.3. The molecule has 2 aromatic carbocycles. The van der Waals surface area contributed by atoms with E-state index < -0.39 is 0 Å². The van der Waals surface area contributed by atoms with Gasteiger partial charge in [-0.2, -0.15) is 0 Å². The van der Waals surface area contributed by atoms with Crippen LogP contribution in [0.2, 0.25) is 0 Å². The van der Waals surface area contributed by atoms with E-state index in [0.717, 1.165) is 55.5 Å². The fraction of sp³-hybridized carbons (Fsp3) is 0.423. The Morgan fingerprint density at radius 2 is 1.55 bits per heavy atom. The van der Waals surface area contributed by atoms with Crippen LogP contribution in [-0.2, 0) is 6.54 Å².